The Balaban J connectivity index is 1.99. The SMILES string of the molecule is COCC(O)CSc1nc2ccccc2s1. The number of thioether (sulfide) groups is 1. The van der Waals surface area contributed by atoms with E-state index >= 15 is 0 Å². The van der Waals surface area contributed by atoms with E-state index in [-0.39, 0.29) is 0 Å². The Morgan fingerprint density at radius 3 is 3.06 bits per heavy atom. The molecule has 0 aliphatic carbocycles. The predicted molar refractivity (Wildman–Crippen MR) is 68.2 cm³/mol. The standard InChI is InChI=1S/C11H13NO2S2/c1-14-6-8(13)7-15-11-12-9-4-2-3-5-10(9)16-11/h2-5,8,13H,6-7H2,1H3. The van der Waals surface area contributed by atoms with Crippen molar-refractivity contribution in [3.63, 3.8) is 0 Å². The molecule has 0 bridgehead atoms. The number of hydrogen-bond donors (Lipinski definition) is 1. The number of aromatic nitrogens is 1. The average Bonchev–Trinajstić information content (AvgIpc) is 2.69. The molecule has 1 aromatic heterocycles. The van der Waals surface area contributed by atoms with Crippen LogP contribution in [0, 0.1) is 0 Å². The molecule has 16 heavy (non-hydrogen) atoms. The van der Waals surface area contributed by atoms with Crippen LogP contribution in [0.2, 0.25) is 0 Å². The average molecular weight is 255 g/mol. The number of ether oxygens (including phenoxy) is 1. The number of fused-ring (bicyclic) bond motifs is 1. The number of benzene rings is 1. The fourth-order valence-corrected chi connectivity index (χ4v) is 3.32. The minimum absolute atomic E-state index is 0.373. The Morgan fingerprint density at radius 2 is 2.31 bits per heavy atom. The van der Waals surface area contributed by atoms with Gasteiger partial charge in [-0.15, -0.1) is 11.3 Å². The lowest BCUT2D eigenvalue weighted by molar-refractivity contribution is 0.0794. The first-order valence-corrected chi connectivity index (χ1v) is 6.75. The zero-order valence-corrected chi connectivity index (χ0v) is 10.6. The molecule has 1 heterocycles. The summed E-state index contributed by atoms with van der Waals surface area (Å²) < 4.78 is 7.05. The number of rotatable bonds is 5. The predicted octanol–water partition coefficient (Wildman–Crippen LogP) is 2.40. The smallest absolute Gasteiger partial charge is 0.151 e. The van der Waals surface area contributed by atoms with Crippen LogP contribution in [-0.4, -0.2) is 35.7 Å². The van der Waals surface area contributed by atoms with Crippen LogP contribution in [0.3, 0.4) is 0 Å². The monoisotopic (exact) mass is 255 g/mol. The van der Waals surface area contributed by atoms with Gasteiger partial charge in [-0.3, -0.25) is 0 Å². The van der Waals surface area contributed by atoms with Crippen molar-refractivity contribution in [2.75, 3.05) is 19.5 Å². The van der Waals surface area contributed by atoms with Crippen molar-refractivity contribution in [2.45, 2.75) is 10.4 Å². The summed E-state index contributed by atoms with van der Waals surface area (Å²) in [7, 11) is 1.59. The summed E-state index contributed by atoms with van der Waals surface area (Å²) in [6.07, 6.45) is -0.429. The van der Waals surface area contributed by atoms with Gasteiger partial charge in [-0.1, -0.05) is 23.9 Å². The van der Waals surface area contributed by atoms with Gasteiger partial charge < -0.3 is 9.84 Å². The van der Waals surface area contributed by atoms with Gasteiger partial charge in [0.15, 0.2) is 4.34 Å². The van der Waals surface area contributed by atoms with E-state index < -0.39 is 6.10 Å². The molecule has 0 saturated carbocycles. The third kappa shape index (κ3) is 2.95. The van der Waals surface area contributed by atoms with Crippen molar-refractivity contribution in [1.29, 1.82) is 0 Å². The lowest BCUT2D eigenvalue weighted by Gasteiger charge is -2.06. The maximum absolute atomic E-state index is 9.52. The largest absolute Gasteiger partial charge is 0.390 e. The summed E-state index contributed by atoms with van der Waals surface area (Å²) in [5, 5.41) is 9.52. The second-order valence-electron chi connectivity index (χ2n) is 3.37. The van der Waals surface area contributed by atoms with Crippen molar-refractivity contribution in [1.82, 2.24) is 4.98 Å². The number of aliphatic hydroxyl groups is 1. The summed E-state index contributed by atoms with van der Waals surface area (Å²) in [6.45, 7) is 0.373. The molecular formula is C11H13NO2S2. The fourth-order valence-electron chi connectivity index (χ4n) is 1.32. The third-order valence-electron chi connectivity index (χ3n) is 2.03. The Bertz CT molecular complexity index is 425. The summed E-state index contributed by atoms with van der Waals surface area (Å²) >= 11 is 3.23. The van der Waals surface area contributed by atoms with Crippen LogP contribution in [0.15, 0.2) is 28.6 Å². The minimum Gasteiger partial charge on any atom is -0.390 e. The van der Waals surface area contributed by atoms with E-state index in [2.05, 4.69) is 11.1 Å². The molecule has 5 heteroatoms. The molecular weight excluding hydrogens is 242 g/mol. The van der Waals surface area contributed by atoms with Gasteiger partial charge in [0.2, 0.25) is 0 Å². The molecule has 2 aromatic rings. The number of thiazole rings is 1. The van der Waals surface area contributed by atoms with Crippen molar-refractivity contribution in [3.8, 4) is 0 Å². The molecule has 3 nitrogen and oxygen atoms in total. The Hall–Kier alpha value is -0.620. The van der Waals surface area contributed by atoms with E-state index in [4.69, 9.17) is 4.74 Å². The highest BCUT2D eigenvalue weighted by molar-refractivity contribution is 8.01. The Kier molecular flexibility index (Phi) is 4.17. The molecule has 0 saturated heterocycles. The van der Waals surface area contributed by atoms with Gasteiger partial charge in [0.25, 0.3) is 0 Å². The summed E-state index contributed by atoms with van der Waals surface area (Å²) in [5.74, 6) is 0.619. The molecule has 0 radical (unpaired) electrons. The number of methoxy groups -OCH3 is 1. The molecule has 2 rings (SSSR count). The van der Waals surface area contributed by atoms with Crippen LogP contribution in [0.4, 0.5) is 0 Å². The number of nitrogens with zero attached hydrogens (tertiary/aromatic N) is 1. The molecule has 1 atom stereocenters. The topological polar surface area (TPSA) is 42.4 Å². The molecule has 0 fully saturated rings. The van der Waals surface area contributed by atoms with Crippen molar-refractivity contribution in [3.05, 3.63) is 24.3 Å². The Labute approximate surface area is 102 Å². The molecule has 86 valence electrons. The van der Waals surface area contributed by atoms with Crippen LogP contribution < -0.4 is 0 Å². The fraction of sp³-hybridized carbons (Fsp3) is 0.364. The first-order chi connectivity index (χ1) is 7.79. The van der Waals surface area contributed by atoms with Crippen LogP contribution in [0.1, 0.15) is 0 Å². The van der Waals surface area contributed by atoms with E-state index in [9.17, 15) is 5.11 Å². The van der Waals surface area contributed by atoms with Gasteiger partial charge >= 0.3 is 0 Å². The highest BCUT2D eigenvalue weighted by Gasteiger charge is 2.08. The van der Waals surface area contributed by atoms with E-state index in [1.165, 1.54) is 4.70 Å². The maximum Gasteiger partial charge on any atom is 0.151 e. The molecule has 0 amide bonds. The lowest BCUT2D eigenvalue weighted by Crippen LogP contribution is -2.16. The van der Waals surface area contributed by atoms with E-state index in [0.29, 0.717) is 12.4 Å². The van der Waals surface area contributed by atoms with Gasteiger partial charge in [-0.25, -0.2) is 4.98 Å². The molecule has 1 N–H and O–H groups in total. The summed E-state index contributed by atoms with van der Waals surface area (Å²) in [5.41, 5.74) is 1.02. The molecule has 1 aromatic carbocycles. The van der Waals surface area contributed by atoms with Crippen molar-refractivity contribution >= 4 is 33.3 Å². The highest BCUT2D eigenvalue weighted by atomic mass is 32.2. The molecule has 1 unspecified atom stereocenters. The zero-order valence-electron chi connectivity index (χ0n) is 8.92. The zero-order chi connectivity index (χ0) is 11.4. The quantitative estimate of drug-likeness (QED) is 0.833. The van der Waals surface area contributed by atoms with E-state index in [1.807, 2.05) is 18.2 Å². The normalized spacial score (nSPS) is 13.1. The third-order valence-corrected chi connectivity index (χ3v) is 4.36. The number of aliphatic hydroxyl groups excluding tert-OH is 1. The van der Waals surface area contributed by atoms with Gasteiger partial charge in [0.1, 0.15) is 0 Å². The van der Waals surface area contributed by atoms with Crippen molar-refractivity contribution < 1.29 is 9.84 Å². The van der Waals surface area contributed by atoms with Gasteiger partial charge in [-0.05, 0) is 12.1 Å². The molecule has 0 aliphatic rings. The summed E-state index contributed by atoms with van der Waals surface area (Å²) in [4.78, 5) is 4.47. The minimum atomic E-state index is -0.429. The van der Waals surface area contributed by atoms with Gasteiger partial charge in [0, 0.05) is 12.9 Å². The highest BCUT2D eigenvalue weighted by Crippen LogP contribution is 2.29. The molecule has 0 spiro atoms. The maximum atomic E-state index is 9.52. The van der Waals surface area contributed by atoms with Crippen LogP contribution >= 0.6 is 23.1 Å². The van der Waals surface area contributed by atoms with Crippen LogP contribution in [0.5, 0.6) is 0 Å². The van der Waals surface area contributed by atoms with Gasteiger partial charge in [0.05, 0.1) is 22.9 Å². The number of hydrogen-bond acceptors (Lipinski definition) is 5. The first-order valence-electron chi connectivity index (χ1n) is 4.95. The van der Waals surface area contributed by atoms with Crippen LogP contribution in [-0.2, 0) is 4.74 Å². The lowest BCUT2D eigenvalue weighted by atomic mass is 10.3. The second kappa shape index (κ2) is 5.63. The Morgan fingerprint density at radius 1 is 1.50 bits per heavy atom. The second-order valence-corrected chi connectivity index (χ2v) is 5.67. The molecule has 0 aliphatic heterocycles. The van der Waals surface area contributed by atoms with Crippen molar-refractivity contribution in [2.24, 2.45) is 0 Å². The van der Waals surface area contributed by atoms with E-state index in [0.717, 1.165) is 9.86 Å². The van der Waals surface area contributed by atoms with Gasteiger partial charge in [-0.2, -0.15) is 0 Å². The number of para-hydroxylation sites is 1. The van der Waals surface area contributed by atoms with E-state index in [1.54, 1.807) is 30.2 Å². The van der Waals surface area contributed by atoms with Crippen LogP contribution in [0.25, 0.3) is 10.2 Å². The first kappa shape index (κ1) is 11.9. The summed E-state index contributed by atoms with van der Waals surface area (Å²) in [6, 6.07) is 8.05.